The maximum absolute atomic E-state index is 11.3. The number of sulfonamides is 1. The molecule has 2 rings (SSSR count). The van der Waals surface area contributed by atoms with Crippen LogP contribution in [0.5, 0.6) is 0 Å². The molecule has 20 heavy (non-hydrogen) atoms. The van der Waals surface area contributed by atoms with Crippen LogP contribution in [0, 0.1) is 13.8 Å². The molecule has 0 aliphatic carbocycles. The number of nitrogens with one attached hydrogen (secondary N) is 3. The number of aryl methyl sites for hydroxylation is 2. The highest BCUT2D eigenvalue weighted by molar-refractivity contribution is 7.92. The number of hydrogen-bond donors (Lipinski definition) is 3. The predicted octanol–water partition coefficient (Wildman–Crippen LogP) is 2.01. The van der Waals surface area contributed by atoms with Crippen molar-refractivity contribution in [2.45, 2.75) is 20.4 Å². The van der Waals surface area contributed by atoms with Crippen LogP contribution in [-0.4, -0.2) is 24.9 Å². The molecule has 0 atom stereocenters. The van der Waals surface area contributed by atoms with Crippen LogP contribution in [0.1, 0.15) is 17.0 Å². The van der Waals surface area contributed by atoms with Crippen molar-refractivity contribution in [3.8, 4) is 0 Å². The SMILES string of the molecule is Cc1n[nH]c(C)c1CNc1ccccc1NS(C)(=O)=O. The number of para-hydroxylation sites is 2. The molecule has 1 aromatic carbocycles. The van der Waals surface area contributed by atoms with Crippen LogP contribution in [0.3, 0.4) is 0 Å². The van der Waals surface area contributed by atoms with Crippen molar-refractivity contribution in [1.29, 1.82) is 0 Å². The molecule has 0 aliphatic rings. The van der Waals surface area contributed by atoms with Crippen molar-refractivity contribution in [3.05, 3.63) is 41.2 Å². The molecule has 0 fully saturated rings. The third-order valence-corrected chi connectivity index (χ3v) is 3.55. The molecule has 0 aliphatic heterocycles. The van der Waals surface area contributed by atoms with Gasteiger partial charge < -0.3 is 5.32 Å². The van der Waals surface area contributed by atoms with Crippen molar-refractivity contribution < 1.29 is 8.42 Å². The molecule has 0 spiro atoms. The zero-order valence-corrected chi connectivity index (χ0v) is 12.5. The van der Waals surface area contributed by atoms with E-state index >= 15 is 0 Å². The van der Waals surface area contributed by atoms with E-state index in [0.717, 1.165) is 28.9 Å². The van der Waals surface area contributed by atoms with Crippen LogP contribution < -0.4 is 10.0 Å². The second-order valence-corrected chi connectivity index (χ2v) is 6.43. The average Bonchev–Trinajstić information content (AvgIpc) is 2.66. The van der Waals surface area contributed by atoms with Crippen molar-refractivity contribution >= 4 is 21.4 Å². The molecular weight excluding hydrogens is 276 g/mol. The predicted molar refractivity (Wildman–Crippen MR) is 80.3 cm³/mol. The number of rotatable bonds is 5. The minimum absolute atomic E-state index is 0.536. The Morgan fingerprint density at radius 1 is 1.20 bits per heavy atom. The molecular formula is C13H18N4O2S. The highest BCUT2D eigenvalue weighted by Gasteiger charge is 2.09. The Hall–Kier alpha value is -2.02. The van der Waals surface area contributed by atoms with Crippen molar-refractivity contribution in [3.63, 3.8) is 0 Å². The number of aromatic nitrogens is 2. The first-order chi connectivity index (χ1) is 9.37. The fraction of sp³-hybridized carbons (Fsp3) is 0.308. The smallest absolute Gasteiger partial charge is 0.229 e. The molecule has 2 aromatic rings. The van der Waals surface area contributed by atoms with Crippen LogP contribution in [0.15, 0.2) is 24.3 Å². The van der Waals surface area contributed by atoms with Crippen molar-refractivity contribution in [2.75, 3.05) is 16.3 Å². The zero-order chi connectivity index (χ0) is 14.8. The van der Waals surface area contributed by atoms with Crippen LogP contribution in [0.2, 0.25) is 0 Å². The molecule has 3 N–H and O–H groups in total. The van der Waals surface area contributed by atoms with E-state index in [4.69, 9.17) is 0 Å². The number of aromatic amines is 1. The van der Waals surface area contributed by atoms with E-state index in [2.05, 4.69) is 20.2 Å². The topological polar surface area (TPSA) is 86.9 Å². The summed E-state index contributed by atoms with van der Waals surface area (Å²) in [7, 11) is -3.30. The zero-order valence-electron chi connectivity index (χ0n) is 11.7. The molecule has 6 nitrogen and oxygen atoms in total. The van der Waals surface area contributed by atoms with Gasteiger partial charge >= 0.3 is 0 Å². The first-order valence-corrected chi connectivity index (χ1v) is 8.07. The number of H-pyrrole nitrogens is 1. The molecule has 0 bridgehead atoms. The van der Waals surface area contributed by atoms with Gasteiger partial charge in [0.2, 0.25) is 10.0 Å². The van der Waals surface area contributed by atoms with Crippen LogP contribution >= 0.6 is 0 Å². The molecule has 0 saturated carbocycles. The summed E-state index contributed by atoms with van der Waals surface area (Å²) in [6, 6.07) is 7.19. The summed E-state index contributed by atoms with van der Waals surface area (Å²) in [5.74, 6) is 0. The van der Waals surface area contributed by atoms with Gasteiger partial charge in [0.25, 0.3) is 0 Å². The lowest BCUT2D eigenvalue weighted by Gasteiger charge is -2.12. The van der Waals surface area contributed by atoms with E-state index in [1.165, 1.54) is 0 Å². The third-order valence-electron chi connectivity index (χ3n) is 2.96. The summed E-state index contributed by atoms with van der Waals surface area (Å²) in [5, 5.41) is 10.3. The van der Waals surface area contributed by atoms with Gasteiger partial charge in [0.15, 0.2) is 0 Å². The van der Waals surface area contributed by atoms with Gasteiger partial charge in [-0.1, -0.05) is 12.1 Å². The third kappa shape index (κ3) is 3.51. The average molecular weight is 294 g/mol. The van der Waals surface area contributed by atoms with E-state index in [9.17, 15) is 8.42 Å². The summed E-state index contributed by atoms with van der Waals surface area (Å²) in [6.45, 7) is 4.47. The molecule has 0 amide bonds. The van der Waals surface area contributed by atoms with Crippen LogP contribution in [-0.2, 0) is 16.6 Å². The highest BCUT2D eigenvalue weighted by Crippen LogP contribution is 2.23. The Bertz CT molecular complexity index is 687. The van der Waals surface area contributed by atoms with E-state index in [1.54, 1.807) is 12.1 Å². The quantitative estimate of drug-likeness (QED) is 0.787. The summed E-state index contributed by atoms with van der Waals surface area (Å²) < 4.78 is 25.2. The second-order valence-electron chi connectivity index (χ2n) is 4.69. The summed E-state index contributed by atoms with van der Waals surface area (Å²) in [5.41, 5.74) is 4.29. The molecule has 0 unspecified atom stereocenters. The van der Waals surface area contributed by atoms with Crippen LogP contribution in [0.4, 0.5) is 11.4 Å². The minimum Gasteiger partial charge on any atom is -0.379 e. The number of hydrogen-bond acceptors (Lipinski definition) is 4. The molecule has 0 saturated heterocycles. The van der Waals surface area contributed by atoms with Gasteiger partial charge in [0.05, 0.1) is 23.3 Å². The fourth-order valence-corrected chi connectivity index (χ4v) is 2.52. The van der Waals surface area contributed by atoms with E-state index in [0.29, 0.717) is 12.2 Å². The Kier molecular flexibility index (Phi) is 3.99. The van der Waals surface area contributed by atoms with Crippen molar-refractivity contribution in [2.24, 2.45) is 0 Å². The standard InChI is InChI=1S/C13H18N4O2S/c1-9-11(10(2)16-15-9)8-14-12-6-4-5-7-13(12)17-20(3,18)19/h4-7,14,17H,8H2,1-3H3,(H,15,16). The lowest BCUT2D eigenvalue weighted by molar-refractivity contribution is 0.607. The lowest BCUT2D eigenvalue weighted by Crippen LogP contribution is -2.12. The van der Waals surface area contributed by atoms with Gasteiger partial charge in [-0.2, -0.15) is 5.10 Å². The minimum atomic E-state index is -3.30. The van der Waals surface area contributed by atoms with Gasteiger partial charge in [-0.25, -0.2) is 8.42 Å². The Morgan fingerprint density at radius 2 is 1.85 bits per heavy atom. The number of benzene rings is 1. The highest BCUT2D eigenvalue weighted by atomic mass is 32.2. The van der Waals surface area contributed by atoms with Gasteiger partial charge in [0, 0.05) is 17.8 Å². The molecule has 7 heteroatoms. The monoisotopic (exact) mass is 294 g/mol. The summed E-state index contributed by atoms with van der Waals surface area (Å²) >= 11 is 0. The van der Waals surface area contributed by atoms with Gasteiger partial charge in [0.1, 0.15) is 0 Å². The largest absolute Gasteiger partial charge is 0.379 e. The maximum Gasteiger partial charge on any atom is 0.229 e. The Labute approximate surface area is 118 Å². The van der Waals surface area contributed by atoms with Gasteiger partial charge in [-0.3, -0.25) is 9.82 Å². The molecule has 0 radical (unpaired) electrons. The Balaban J connectivity index is 2.18. The Morgan fingerprint density at radius 3 is 2.40 bits per heavy atom. The van der Waals surface area contributed by atoms with E-state index < -0.39 is 10.0 Å². The first kappa shape index (κ1) is 14.4. The summed E-state index contributed by atoms with van der Waals surface area (Å²) in [6.07, 6.45) is 1.13. The van der Waals surface area contributed by atoms with Crippen molar-refractivity contribution in [1.82, 2.24) is 10.2 Å². The van der Waals surface area contributed by atoms with E-state index in [1.807, 2.05) is 26.0 Å². The van der Waals surface area contributed by atoms with Crippen LogP contribution in [0.25, 0.3) is 0 Å². The van der Waals surface area contributed by atoms with Gasteiger partial charge in [-0.15, -0.1) is 0 Å². The molecule has 1 aromatic heterocycles. The fourth-order valence-electron chi connectivity index (χ4n) is 1.94. The van der Waals surface area contributed by atoms with E-state index in [-0.39, 0.29) is 0 Å². The van der Waals surface area contributed by atoms with Gasteiger partial charge in [-0.05, 0) is 26.0 Å². The number of anilines is 2. The molecule has 108 valence electrons. The number of nitrogens with zero attached hydrogens (tertiary/aromatic N) is 1. The maximum atomic E-state index is 11.3. The normalized spacial score (nSPS) is 11.3. The second kappa shape index (κ2) is 5.54. The molecule has 1 heterocycles. The summed E-state index contributed by atoms with van der Waals surface area (Å²) in [4.78, 5) is 0. The lowest BCUT2D eigenvalue weighted by atomic mass is 10.2. The first-order valence-electron chi connectivity index (χ1n) is 6.18.